The lowest BCUT2D eigenvalue weighted by atomic mass is 10.1. The van der Waals surface area contributed by atoms with Crippen molar-refractivity contribution >= 4 is 50.6 Å². The van der Waals surface area contributed by atoms with E-state index < -0.39 is 4.92 Å². The van der Waals surface area contributed by atoms with Crippen LogP contribution in [0.3, 0.4) is 0 Å². The van der Waals surface area contributed by atoms with E-state index in [1.165, 1.54) is 29.2 Å². The minimum atomic E-state index is -0.483. The van der Waals surface area contributed by atoms with Crippen LogP contribution in [0.2, 0.25) is 0 Å². The lowest BCUT2D eigenvalue weighted by molar-refractivity contribution is -0.384. The first-order chi connectivity index (χ1) is 12.0. The van der Waals surface area contributed by atoms with Gasteiger partial charge in [0.1, 0.15) is 5.69 Å². The third-order valence-corrected chi connectivity index (χ3v) is 5.96. The number of carbonyl (C=O) groups excluding carboxylic acids is 1. The molecule has 0 saturated heterocycles. The molecule has 25 heavy (non-hydrogen) atoms. The number of rotatable bonds is 5. The Morgan fingerprint density at radius 2 is 2.04 bits per heavy atom. The van der Waals surface area contributed by atoms with Crippen LogP contribution in [0, 0.1) is 24.0 Å². The van der Waals surface area contributed by atoms with Crippen molar-refractivity contribution in [2.45, 2.75) is 18.2 Å². The van der Waals surface area contributed by atoms with E-state index in [0.29, 0.717) is 5.56 Å². The molecular formula is C17H15N3O3S2. The molecule has 0 unspecified atom stereocenters. The van der Waals surface area contributed by atoms with Crippen molar-refractivity contribution in [1.82, 2.24) is 4.98 Å². The summed E-state index contributed by atoms with van der Waals surface area (Å²) < 4.78 is 1.86. The quantitative estimate of drug-likeness (QED) is 0.403. The molecule has 0 spiro atoms. The number of aryl methyl sites for hydroxylation is 1. The van der Waals surface area contributed by atoms with Crippen LogP contribution in [0.25, 0.3) is 10.2 Å². The van der Waals surface area contributed by atoms with Crippen LogP contribution in [0.5, 0.6) is 0 Å². The van der Waals surface area contributed by atoms with Crippen LogP contribution in [-0.4, -0.2) is 21.6 Å². The summed E-state index contributed by atoms with van der Waals surface area (Å²) in [5.41, 5.74) is 2.66. The van der Waals surface area contributed by atoms with Gasteiger partial charge in [0.2, 0.25) is 5.91 Å². The Morgan fingerprint density at radius 1 is 1.28 bits per heavy atom. The van der Waals surface area contributed by atoms with Gasteiger partial charge < -0.3 is 5.32 Å². The van der Waals surface area contributed by atoms with E-state index >= 15 is 0 Å². The first kappa shape index (κ1) is 17.4. The molecule has 0 fully saturated rings. The fraction of sp³-hybridized carbons (Fsp3) is 0.176. The number of carbonyl (C=O) groups is 1. The molecule has 0 saturated carbocycles. The van der Waals surface area contributed by atoms with Crippen LogP contribution in [0.15, 0.2) is 40.7 Å². The number of nitro benzene ring substituents is 1. The summed E-state index contributed by atoms with van der Waals surface area (Å²) in [5, 5.41) is 13.9. The zero-order chi connectivity index (χ0) is 18.0. The van der Waals surface area contributed by atoms with Gasteiger partial charge in [-0.1, -0.05) is 30.0 Å². The van der Waals surface area contributed by atoms with Crippen LogP contribution in [-0.2, 0) is 4.79 Å². The minimum Gasteiger partial charge on any atom is -0.319 e. The molecule has 1 amide bonds. The Labute approximate surface area is 152 Å². The molecule has 3 rings (SSSR count). The molecule has 0 aliphatic rings. The number of nitrogens with one attached hydrogen (secondary N) is 1. The average Bonchev–Trinajstić information content (AvgIpc) is 3.00. The van der Waals surface area contributed by atoms with E-state index in [2.05, 4.69) is 10.3 Å². The number of amides is 1. The Kier molecular flexibility index (Phi) is 5.00. The van der Waals surface area contributed by atoms with Crippen LogP contribution >= 0.6 is 23.1 Å². The van der Waals surface area contributed by atoms with Crippen molar-refractivity contribution in [3.8, 4) is 0 Å². The predicted molar refractivity (Wildman–Crippen MR) is 102 cm³/mol. The normalized spacial score (nSPS) is 10.8. The predicted octanol–water partition coefficient (Wildman–Crippen LogP) is 4.55. The molecule has 1 heterocycles. The van der Waals surface area contributed by atoms with Crippen LogP contribution < -0.4 is 5.32 Å². The number of thioether (sulfide) groups is 1. The van der Waals surface area contributed by atoms with Gasteiger partial charge in [0, 0.05) is 6.07 Å². The molecule has 0 aliphatic heterocycles. The molecule has 0 aliphatic carbocycles. The van der Waals surface area contributed by atoms with Gasteiger partial charge in [-0.25, -0.2) is 4.98 Å². The number of hydrogen-bond acceptors (Lipinski definition) is 6. The number of nitrogens with zero attached hydrogens (tertiary/aromatic N) is 2. The molecule has 8 heteroatoms. The summed E-state index contributed by atoms with van der Waals surface area (Å²) in [4.78, 5) is 27.4. The SMILES string of the molecule is Cc1ccc([N+](=O)[O-])c(NC(=O)CSc2nc3ccccc3s2)c1C. The summed E-state index contributed by atoms with van der Waals surface area (Å²) in [7, 11) is 0. The number of nitro groups is 1. The molecule has 0 radical (unpaired) electrons. The Bertz CT molecular complexity index is 936. The zero-order valence-electron chi connectivity index (χ0n) is 13.6. The number of fused-ring (bicyclic) bond motifs is 1. The molecule has 6 nitrogen and oxygen atoms in total. The smallest absolute Gasteiger partial charge is 0.293 e. The minimum absolute atomic E-state index is 0.0959. The highest BCUT2D eigenvalue weighted by Gasteiger charge is 2.19. The Morgan fingerprint density at radius 3 is 2.76 bits per heavy atom. The van der Waals surface area contributed by atoms with Gasteiger partial charge in [0.25, 0.3) is 5.69 Å². The second-order valence-electron chi connectivity index (χ2n) is 5.44. The molecule has 1 N–H and O–H groups in total. The zero-order valence-corrected chi connectivity index (χ0v) is 15.2. The van der Waals surface area contributed by atoms with Crippen molar-refractivity contribution in [3.63, 3.8) is 0 Å². The lowest BCUT2D eigenvalue weighted by Gasteiger charge is -2.10. The van der Waals surface area contributed by atoms with Gasteiger partial charge in [-0.3, -0.25) is 14.9 Å². The molecular weight excluding hydrogens is 358 g/mol. The summed E-state index contributed by atoms with van der Waals surface area (Å²) in [6.45, 7) is 3.61. The van der Waals surface area contributed by atoms with Crippen molar-refractivity contribution < 1.29 is 9.72 Å². The third kappa shape index (κ3) is 3.80. The molecule has 0 atom stereocenters. The van der Waals surface area contributed by atoms with E-state index in [-0.39, 0.29) is 23.0 Å². The number of thiazole rings is 1. The number of benzene rings is 2. The number of aromatic nitrogens is 1. The summed E-state index contributed by atoms with van der Waals surface area (Å²) >= 11 is 2.85. The van der Waals surface area contributed by atoms with Crippen molar-refractivity contribution in [2.75, 3.05) is 11.1 Å². The Hall–Kier alpha value is -2.45. The maximum Gasteiger partial charge on any atom is 0.293 e. The van der Waals surface area contributed by atoms with Gasteiger partial charge >= 0.3 is 0 Å². The highest BCUT2D eigenvalue weighted by atomic mass is 32.2. The number of para-hydroxylation sites is 1. The van der Waals surface area contributed by atoms with E-state index in [4.69, 9.17) is 0 Å². The van der Waals surface area contributed by atoms with Crippen LogP contribution in [0.4, 0.5) is 11.4 Å². The van der Waals surface area contributed by atoms with Gasteiger partial charge in [-0.05, 0) is 37.1 Å². The standard InChI is InChI=1S/C17H15N3O3S2/c1-10-7-8-13(20(22)23)16(11(10)2)19-15(21)9-24-17-18-12-5-3-4-6-14(12)25-17/h3-8H,9H2,1-2H3,(H,19,21). The lowest BCUT2D eigenvalue weighted by Crippen LogP contribution is -2.16. The fourth-order valence-electron chi connectivity index (χ4n) is 2.33. The van der Waals surface area contributed by atoms with E-state index in [9.17, 15) is 14.9 Å². The summed E-state index contributed by atoms with van der Waals surface area (Å²) in [5.74, 6) is -0.147. The van der Waals surface area contributed by atoms with Gasteiger partial charge in [-0.15, -0.1) is 11.3 Å². The highest BCUT2D eigenvalue weighted by molar-refractivity contribution is 8.01. The number of anilines is 1. The van der Waals surface area contributed by atoms with Crippen molar-refractivity contribution in [1.29, 1.82) is 0 Å². The first-order valence-electron chi connectivity index (χ1n) is 7.48. The average molecular weight is 373 g/mol. The second-order valence-corrected chi connectivity index (χ2v) is 7.70. The van der Waals surface area contributed by atoms with E-state index in [1.54, 1.807) is 13.0 Å². The molecule has 1 aromatic heterocycles. The van der Waals surface area contributed by atoms with E-state index in [1.807, 2.05) is 31.2 Å². The largest absolute Gasteiger partial charge is 0.319 e. The summed E-state index contributed by atoms with van der Waals surface area (Å²) in [6.07, 6.45) is 0. The molecule has 3 aromatic rings. The van der Waals surface area contributed by atoms with Crippen LogP contribution in [0.1, 0.15) is 11.1 Å². The molecule has 128 valence electrons. The molecule has 0 bridgehead atoms. The number of hydrogen-bond donors (Lipinski definition) is 1. The first-order valence-corrected chi connectivity index (χ1v) is 9.28. The third-order valence-electron chi connectivity index (χ3n) is 3.78. The highest BCUT2D eigenvalue weighted by Crippen LogP contribution is 2.32. The van der Waals surface area contributed by atoms with E-state index in [0.717, 1.165) is 20.1 Å². The monoisotopic (exact) mass is 373 g/mol. The maximum absolute atomic E-state index is 12.3. The second kappa shape index (κ2) is 7.20. The van der Waals surface area contributed by atoms with Crippen molar-refractivity contribution in [2.24, 2.45) is 0 Å². The maximum atomic E-state index is 12.3. The van der Waals surface area contributed by atoms with Gasteiger partial charge in [0.15, 0.2) is 4.34 Å². The topological polar surface area (TPSA) is 85.1 Å². The Balaban J connectivity index is 1.72. The van der Waals surface area contributed by atoms with Crippen molar-refractivity contribution in [3.05, 3.63) is 57.6 Å². The van der Waals surface area contributed by atoms with Gasteiger partial charge in [-0.2, -0.15) is 0 Å². The fourth-order valence-corrected chi connectivity index (χ4v) is 4.20. The molecule has 2 aromatic carbocycles. The van der Waals surface area contributed by atoms with Gasteiger partial charge in [0.05, 0.1) is 20.9 Å². The summed E-state index contributed by atoms with van der Waals surface area (Å²) in [6, 6.07) is 10.9.